The summed E-state index contributed by atoms with van der Waals surface area (Å²) in [6.45, 7) is 3.35. The van der Waals surface area contributed by atoms with Crippen molar-refractivity contribution in [2.45, 2.75) is 13.2 Å². The molecule has 28 heavy (non-hydrogen) atoms. The Morgan fingerprint density at radius 1 is 0.929 bits per heavy atom. The average molecular weight is 472 g/mol. The van der Waals surface area contributed by atoms with E-state index in [9.17, 15) is 0 Å². The second-order valence-corrected chi connectivity index (χ2v) is 6.52. The van der Waals surface area contributed by atoms with Crippen molar-refractivity contribution in [1.82, 2.24) is 10.6 Å². The molecule has 0 spiro atoms. The molecule has 0 saturated carbocycles. The van der Waals surface area contributed by atoms with Gasteiger partial charge in [0.05, 0.1) is 18.7 Å². The third-order valence-corrected chi connectivity index (χ3v) is 4.21. The van der Waals surface area contributed by atoms with Crippen molar-refractivity contribution in [2.75, 3.05) is 33.4 Å². The first-order valence-corrected chi connectivity index (χ1v) is 9.15. The summed E-state index contributed by atoms with van der Waals surface area (Å²) < 4.78 is 11.3. The molecule has 0 amide bonds. The lowest BCUT2D eigenvalue weighted by atomic mass is 10.2. The summed E-state index contributed by atoms with van der Waals surface area (Å²) in [5.41, 5.74) is 2.00. The molecule has 0 heterocycles. The Morgan fingerprint density at radius 2 is 1.61 bits per heavy atom. The summed E-state index contributed by atoms with van der Waals surface area (Å²) in [5, 5.41) is 16.3. The van der Waals surface area contributed by atoms with Gasteiger partial charge < -0.3 is 25.2 Å². The molecular weight excluding hydrogens is 446 g/mol. The number of benzene rings is 2. The topological polar surface area (TPSA) is 62.8 Å². The molecule has 0 fully saturated rings. The number of aliphatic hydroxyl groups excluding tert-OH is 1. The van der Waals surface area contributed by atoms with E-state index < -0.39 is 0 Å². The average Bonchev–Trinajstić information content (AvgIpc) is 2.64. The van der Waals surface area contributed by atoms with Gasteiger partial charge in [-0.2, -0.15) is 0 Å². The van der Waals surface area contributed by atoms with Crippen LogP contribution in [0, 0.1) is 0 Å². The molecule has 2 rings (SSSR count). The van der Waals surface area contributed by atoms with Crippen LogP contribution >= 0.6 is 48.0 Å². The smallest absolute Gasteiger partial charge is 0.180 e. The molecule has 0 aliphatic heterocycles. The largest absolute Gasteiger partial charge is 0.493 e. The zero-order valence-electron chi connectivity index (χ0n) is 15.5. The van der Waals surface area contributed by atoms with E-state index >= 15 is 0 Å². The van der Waals surface area contributed by atoms with Crippen LogP contribution in [0.25, 0.3) is 0 Å². The maximum Gasteiger partial charge on any atom is 0.180 e. The van der Waals surface area contributed by atoms with E-state index in [1.165, 1.54) is 0 Å². The van der Waals surface area contributed by atoms with Crippen LogP contribution in [0.4, 0.5) is 0 Å². The van der Waals surface area contributed by atoms with E-state index in [0.717, 1.165) is 24.2 Å². The maximum absolute atomic E-state index is 8.71. The van der Waals surface area contributed by atoms with Crippen molar-refractivity contribution in [3.63, 3.8) is 0 Å². The minimum Gasteiger partial charge on any atom is -0.493 e. The van der Waals surface area contributed by atoms with Gasteiger partial charge in [-0.25, -0.2) is 0 Å². The van der Waals surface area contributed by atoms with Gasteiger partial charge in [-0.1, -0.05) is 35.3 Å². The molecule has 2 aromatic rings. The third kappa shape index (κ3) is 9.05. The van der Waals surface area contributed by atoms with Gasteiger partial charge in [-0.05, 0) is 35.4 Å². The van der Waals surface area contributed by atoms with Crippen LogP contribution in [0.5, 0.6) is 11.5 Å². The van der Waals surface area contributed by atoms with Crippen LogP contribution in [0.1, 0.15) is 11.1 Å². The fourth-order valence-corrected chi connectivity index (χ4v) is 2.78. The monoisotopic (exact) mass is 470 g/mol. The first kappa shape index (κ1) is 27.1. The summed E-state index contributed by atoms with van der Waals surface area (Å²) >= 11 is 12.3. The van der Waals surface area contributed by atoms with Gasteiger partial charge in [0.2, 0.25) is 0 Å². The van der Waals surface area contributed by atoms with Crippen molar-refractivity contribution in [1.29, 1.82) is 0 Å². The summed E-state index contributed by atoms with van der Waals surface area (Å²) in [7, 11) is 1.59. The quantitative estimate of drug-likeness (QED) is 0.430. The first-order valence-electron chi connectivity index (χ1n) is 8.40. The molecule has 0 atom stereocenters. The predicted octanol–water partition coefficient (Wildman–Crippen LogP) is 4.10. The standard InChI is InChI=1S/C19H24Cl2N2O3.2ClH/c1-25-18-11-15(12-23-7-6-22-8-9-24)10-17(21)19(18)26-13-14-2-4-16(20)5-3-14;;/h2-5,10-11,22-24H,6-9,12-13H2,1H3;2*1H. The molecule has 0 radical (unpaired) electrons. The first-order chi connectivity index (χ1) is 12.6. The summed E-state index contributed by atoms with van der Waals surface area (Å²) in [6, 6.07) is 11.2. The molecule has 0 unspecified atom stereocenters. The van der Waals surface area contributed by atoms with E-state index in [2.05, 4.69) is 10.6 Å². The number of halogens is 4. The number of nitrogens with one attached hydrogen (secondary N) is 2. The molecule has 9 heteroatoms. The highest BCUT2D eigenvalue weighted by Crippen LogP contribution is 2.37. The van der Waals surface area contributed by atoms with E-state index in [4.69, 9.17) is 37.8 Å². The molecule has 5 nitrogen and oxygen atoms in total. The highest BCUT2D eigenvalue weighted by Gasteiger charge is 2.12. The van der Waals surface area contributed by atoms with Gasteiger partial charge in [-0.3, -0.25) is 0 Å². The lowest BCUT2D eigenvalue weighted by Gasteiger charge is -2.15. The molecule has 0 aromatic heterocycles. The Morgan fingerprint density at radius 3 is 2.25 bits per heavy atom. The Balaban J connectivity index is 0.00000364. The minimum absolute atomic E-state index is 0. The van der Waals surface area contributed by atoms with Crippen LogP contribution in [-0.4, -0.2) is 38.5 Å². The van der Waals surface area contributed by atoms with Crippen LogP contribution in [0.2, 0.25) is 10.0 Å². The normalized spacial score (nSPS) is 10.0. The number of hydrogen-bond acceptors (Lipinski definition) is 5. The Labute approximate surface area is 188 Å². The van der Waals surface area contributed by atoms with E-state index in [0.29, 0.717) is 41.2 Å². The lowest BCUT2D eigenvalue weighted by Crippen LogP contribution is -2.28. The van der Waals surface area contributed by atoms with Crippen LogP contribution in [0.3, 0.4) is 0 Å². The maximum atomic E-state index is 8.71. The van der Waals surface area contributed by atoms with Crippen molar-refractivity contribution >= 4 is 48.0 Å². The third-order valence-electron chi connectivity index (χ3n) is 3.68. The predicted molar refractivity (Wildman–Crippen MR) is 120 cm³/mol. The molecule has 2 aromatic carbocycles. The van der Waals surface area contributed by atoms with Crippen LogP contribution in [0.15, 0.2) is 36.4 Å². The van der Waals surface area contributed by atoms with Gasteiger partial charge in [0.1, 0.15) is 6.61 Å². The number of hydrogen-bond donors (Lipinski definition) is 3. The van der Waals surface area contributed by atoms with E-state index in [-0.39, 0.29) is 31.4 Å². The number of ether oxygens (including phenoxy) is 2. The van der Waals surface area contributed by atoms with Gasteiger partial charge >= 0.3 is 0 Å². The van der Waals surface area contributed by atoms with Crippen molar-refractivity contribution < 1.29 is 14.6 Å². The van der Waals surface area contributed by atoms with Gasteiger partial charge in [0.25, 0.3) is 0 Å². The highest BCUT2D eigenvalue weighted by molar-refractivity contribution is 6.32. The second-order valence-electron chi connectivity index (χ2n) is 5.67. The SMILES string of the molecule is COc1cc(CNCCNCCO)cc(Cl)c1OCc1ccc(Cl)cc1.Cl.Cl. The highest BCUT2D eigenvalue weighted by atomic mass is 35.5. The zero-order valence-corrected chi connectivity index (χ0v) is 18.7. The molecule has 0 aliphatic rings. The summed E-state index contributed by atoms with van der Waals surface area (Å²) in [5.74, 6) is 1.12. The summed E-state index contributed by atoms with van der Waals surface area (Å²) in [6.07, 6.45) is 0. The van der Waals surface area contributed by atoms with Crippen molar-refractivity contribution in [3.8, 4) is 11.5 Å². The molecule has 0 aliphatic carbocycles. The Kier molecular flexibility index (Phi) is 14.5. The molecule has 3 N–H and O–H groups in total. The Hall–Kier alpha value is -0.920. The molecular formula is C19H26Cl4N2O3. The van der Waals surface area contributed by atoms with Crippen LogP contribution in [-0.2, 0) is 13.2 Å². The van der Waals surface area contributed by atoms with Crippen LogP contribution < -0.4 is 20.1 Å². The lowest BCUT2D eigenvalue weighted by molar-refractivity contribution is 0.284. The fraction of sp³-hybridized carbons (Fsp3) is 0.368. The number of aliphatic hydroxyl groups is 1. The minimum atomic E-state index is 0. The van der Waals surface area contributed by atoms with Gasteiger partial charge in [0.15, 0.2) is 11.5 Å². The number of rotatable bonds is 11. The molecule has 0 bridgehead atoms. The zero-order chi connectivity index (χ0) is 18.8. The van der Waals surface area contributed by atoms with E-state index in [1.807, 2.05) is 36.4 Å². The van der Waals surface area contributed by atoms with Crippen molar-refractivity contribution in [3.05, 3.63) is 57.6 Å². The van der Waals surface area contributed by atoms with Gasteiger partial charge in [-0.15, -0.1) is 24.8 Å². The Bertz CT molecular complexity index is 688. The molecule has 158 valence electrons. The second kappa shape index (κ2) is 15.0. The summed E-state index contributed by atoms with van der Waals surface area (Å²) in [4.78, 5) is 0. The fourth-order valence-electron chi connectivity index (χ4n) is 2.37. The molecule has 0 saturated heterocycles. The van der Waals surface area contributed by atoms with Crippen molar-refractivity contribution in [2.24, 2.45) is 0 Å². The van der Waals surface area contributed by atoms with Gasteiger partial charge in [0, 0.05) is 31.2 Å². The van der Waals surface area contributed by atoms with E-state index in [1.54, 1.807) is 7.11 Å². The number of methoxy groups -OCH3 is 1.